The maximum Gasteiger partial charge on any atom is 4.00 e. The summed E-state index contributed by atoms with van der Waals surface area (Å²) < 4.78 is 74.2. The molecular weight excluding hydrogens is 780 g/mol. The van der Waals surface area contributed by atoms with Crippen LogP contribution in [-0.2, 0) is 66.7 Å². The summed E-state index contributed by atoms with van der Waals surface area (Å²) in [6.07, 6.45) is 23.8. The van der Waals surface area contributed by atoms with Crippen molar-refractivity contribution < 1.29 is 86.3 Å². The molecule has 0 N–H and O–H groups in total. The van der Waals surface area contributed by atoms with Crippen LogP contribution in [0.1, 0.15) is 182 Å². The third-order valence-electron chi connectivity index (χ3n) is 7.39. The van der Waals surface area contributed by atoms with Gasteiger partial charge in [-0.1, -0.05) is 156 Å². The van der Waals surface area contributed by atoms with Gasteiger partial charge in [-0.2, -0.15) is 0 Å². The maximum atomic E-state index is 12.3. The van der Waals surface area contributed by atoms with Gasteiger partial charge in [0, 0.05) is 0 Å². The van der Waals surface area contributed by atoms with Gasteiger partial charge in [0.1, 0.15) is 0 Å². The normalized spacial score (nSPS) is 12.4. The largest absolute Gasteiger partial charge is 4.00 e. The summed E-state index contributed by atoms with van der Waals surface area (Å²) in [5, 5.41) is 0. The molecule has 0 aliphatic carbocycles. The van der Waals surface area contributed by atoms with E-state index in [2.05, 4.69) is 36.3 Å². The minimum absolute atomic E-state index is 0. The fourth-order valence-electron chi connectivity index (χ4n) is 4.65. The van der Waals surface area contributed by atoms with Crippen LogP contribution in [-0.4, -0.2) is 26.4 Å². The molecular formula is C32H68O14P4Ti. The third kappa shape index (κ3) is 43.8. The van der Waals surface area contributed by atoms with Gasteiger partial charge < -0.3 is 28.7 Å². The molecule has 0 aromatic carbocycles. The summed E-state index contributed by atoms with van der Waals surface area (Å²) in [6.45, 7) is 8.67. The van der Waals surface area contributed by atoms with Crippen molar-refractivity contribution in [3.8, 4) is 0 Å². The van der Waals surface area contributed by atoms with Gasteiger partial charge >= 0.3 is 37.4 Å². The molecule has 0 spiro atoms. The van der Waals surface area contributed by atoms with E-state index in [1.54, 1.807) is 0 Å². The Balaban J connectivity index is -0.000000886. The molecule has 0 fully saturated rings. The van der Waals surface area contributed by atoms with Crippen molar-refractivity contribution in [2.45, 2.75) is 182 Å². The van der Waals surface area contributed by atoms with Crippen LogP contribution in [0.25, 0.3) is 0 Å². The molecule has 14 nitrogen and oxygen atoms in total. The smallest absolute Gasteiger partial charge is 0.789 e. The van der Waals surface area contributed by atoms with Crippen LogP contribution in [0.15, 0.2) is 0 Å². The number of phosphoric acid groups is 4. The van der Waals surface area contributed by atoms with Crippen molar-refractivity contribution in [3.05, 3.63) is 0 Å². The molecule has 0 atom stereocenters. The molecule has 51 heavy (non-hydrogen) atoms. The van der Waals surface area contributed by atoms with E-state index in [1.807, 2.05) is 0 Å². The zero-order valence-corrected chi connectivity index (χ0v) is 36.9. The first-order valence-corrected chi connectivity index (χ1v) is 24.7. The second-order valence-corrected chi connectivity index (χ2v) is 18.3. The van der Waals surface area contributed by atoms with Crippen molar-refractivity contribution in [1.29, 1.82) is 0 Å². The molecule has 19 heteroatoms. The molecule has 0 unspecified atom stereocenters. The summed E-state index contributed by atoms with van der Waals surface area (Å²) in [7, 11) is -19.6. The minimum atomic E-state index is -5.44. The molecule has 0 saturated carbocycles. The maximum absolute atomic E-state index is 12.3. The van der Waals surface area contributed by atoms with Crippen molar-refractivity contribution in [3.63, 3.8) is 0 Å². The Bertz CT molecular complexity index is 833. The van der Waals surface area contributed by atoms with Crippen LogP contribution in [0.4, 0.5) is 0 Å². The van der Waals surface area contributed by atoms with Gasteiger partial charge in [0.15, 0.2) is 0 Å². The number of hydrogen-bond donors (Lipinski definition) is 0. The quantitative estimate of drug-likeness (QED) is 0.0326. The Labute approximate surface area is 324 Å². The average Bonchev–Trinajstić information content (AvgIpc) is 3.02. The van der Waals surface area contributed by atoms with Crippen LogP contribution in [0.5, 0.6) is 0 Å². The molecule has 0 amide bonds. The van der Waals surface area contributed by atoms with E-state index in [0.717, 1.165) is 103 Å². The second kappa shape index (κ2) is 36.8. The molecule has 0 aliphatic heterocycles. The van der Waals surface area contributed by atoms with Gasteiger partial charge in [-0.05, 0) is 25.7 Å². The minimum Gasteiger partial charge on any atom is -0.789 e. The summed E-state index contributed by atoms with van der Waals surface area (Å²) in [5.41, 5.74) is 0. The van der Waals surface area contributed by atoms with Crippen LogP contribution in [0, 0.1) is 0 Å². The van der Waals surface area contributed by atoms with Gasteiger partial charge in [-0.3, -0.25) is 26.7 Å². The average molecular weight is 849 g/mol. The van der Waals surface area contributed by atoms with Crippen LogP contribution in [0.3, 0.4) is 0 Å². The Morgan fingerprint density at radius 3 is 0.686 bits per heavy atom. The molecule has 304 valence electrons. The van der Waals surface area contributed by atoms with E-state index >= 15 is 0 Å². The molecule has 0 rings (SSSR count). The summed E-state index contributed by atoms with van der Waals surface area (Å²) in [6, 6.07) is 0. The van der Waals surface area contributed by atoms with Crippen LogP contribution < -0.4 is 19.6 Å². The fourth-order valence-corrected chi connectivity index (χ4v) is 8.92. The Hall–Kier alpha value is 1.23. The number of phosphoric ester groups is 2. The van der Waals surface area contributed by atoms with Crippen molar-refractivity contribution in [2.75, 3.05) is 26.4 Å². The van der Waals surface area contributed by atoms with Gasteiger partial charge in [-0.15, -0.1) is 0 Å². The third-order valence-corrected chi connectivity index (χ3v) is 12.6. The zero-order chi connectivity index (χ0) is 38.0. The van der Waals surface area contributed by atoms with Crippen molar-refractivity contribution >= 4 is 31.3 Å². The summed E-state index contributed by atoms with van der Waals surface area (Å²) in [4.78, 5) is 43.1. The van der Waals surface area contributed by atoms with Crippen molar-refractivity contribution in [1.82, 2.24) is 0 Å². The van der Waals surface area contributed by atoms with E-state index < -0.39 is 31.3 Å². The molecule has 0 aromatic heterocycles. The SMILES string of the molecule is CCCCCCCCOP(=O)(OCCCCCCCC)OP(=O)([O-])[O-].CCCCCCCCOP(=O)(OCCCCCCCC)OP(=O)([O-])[O-].[Ti+4]. The number of unbranched alkanes of at least 4 members (excludes halogenated alkanes) is 20. The molecule has 0 saturated heterocycles. The summed E-state index contributed by atoms with van der Waals surface area (Å²) >= 11 is 0. The Kier molecular flexibility index (Phi) is 40.9. The molecule has 0 heterocycles. The van der Waals surface area contributed by atoms with Gasteiger partial charge in [0.25, 0.3) is 0 Å². The second-order valence-electron chi connectivity index (χ2n) is 12.4. The van der Waals surface area contributed by atoms with Gasteiger partial charge in [0.2, 0.25) is 0 Å². The number of hydrogen-bond acceptors (Lipinski definition) is 14. The van der Waals surface area contributed by atoms with E-state index in [9.17, 15) is 37.8 Å². The first kappa shape index (κ1) is 56.6. The van der Waals surface area contributed by atoms with Gasteiger partial charge in [0.05, 0.1) is 42.1 Å². The zero-order valence-electron chi connectivity index (χ0n) is 31.8. The van der Waals surface area contributed by atoms with Crippen LogP contribution >= 0.6 is 31.3 Å². The van der Waals surface area contributed by atoms with Gasteiger partial charge in [-0.25, -0.2) is 9.13 Å². The molecule has 0 aliphatic rings. The first-order chi connectivity index (χ1) is 23.7. The van der Waals surface area contributed by atoms with E-state index in [0.29, 0.717) is 25.7 Å². The Morgan fingerprint density at radius 2 is 0.510 bits per heavy atom. The van der Waals surface area contributed by atoms with E-state index in [-0.39, 0.29) is 48.1 Å². The predicted molar refractivity (Wildman–Crippen MR) is 190 cm³/mol. The first-order valence-electron chi connectivity index (χ1n) is 18.9. The van der Waals surface area contributed by atoms with Crippen LogP contribution in [0.2, 0.25) is 0 Å². The predicted octanol–water partition coefficient (Wildman–Crippen LogP) is 9.39. The standard InChI is InChI=1S/2C16H36O7P2.Ti/c2*1-3-5-7-9-11-13-15-21-25(20,23-24(17,18)19)22-16-14-12-10-8-6-4-2;/h2*3-16H2,1-2H3,(H2,17,18,19);/q;;+4/p-4. The number of rotatable bonds is 36. The topological polar surface area (TPSA) is 216 Å². The fraction of sp³-hybridized carbons (Fsp3) is 1.00. The Morgan fingerprint density at radius 1 is 0.333 bits per heavy atom. The molecule has 0 radical (unpaired) electrons. The summed E-state index contributed by atoms with van der Waals surface area (Å²) in [5.74, 6) is 0. The van der Waals surface area contributed by atoms with E-state index in [1.165, 1.54) is 25.7 Å². The van der Waals surface area contributed by atoms with E-state index in [4.69, 9.17) is 18.1 Å². The monoisotopic (exact) mass is 848 g/mol. The van der Waals surface area contributed by atoms with Crippen molar-refractivity contribution in [2.24, 2.45) is 0 Å². The molecule has 0 bridgehead atoms. The molecule has 0 aromatic rings.